The van der Waals surface area contributed by atoms with Crippen LogP contribution in [0.3, 0.4) is 0 Å². The summed E-state index contributed by atoms with van der Waals surface area (Å²) in [7, 11) is 6.04. The topological polar surface area (TPSA) is 64.2 Å². The lowest BCUT2D eigenvalue weighted by atomic mass is 10.1. The number of imidazole rings is 1. The lowest BCUT2D eigenvalue weighted by Gasteiger charge is -2.34. The van der Waals surface area contributed by atoms with Crippen molar-refractivity contribution in [1.29, 1.82) is 0 Å². The summed E-state index contributed by atoms with van der Waals surface area (Å²) in [5, 5.41) is 0. The summed E-state index contributed by atoms with van der Waals surface area (Å²) in [5.41, 5.74) is 5.41. The van der Waals surface area contributed by atoms with Gasteiger partial charge >= 0.3 is 0 Å². The van der Waals surface area contributed by atoms with Crippen molar-refractivity contribution in [2.24, 2.45) is 0 Å². The van der Waals surface area contributed by atoms with Gasteiger partial charge in [-0.2, -0.15) is 0 Å². The highest BCUT2D eigenvalue weighted by atomic mass is 15.2. The van der Waals surface area contributed by atoms with Crippen LogP contribution in [0.15, 0.2) is 24.5 Å². The van der Waals surface area contributed by atoms with Gasteiger partial charge < -0.3 is 19.7 Å². The zero-order valence-electron chi connectivity index (χ0n) is 15.8. The summed E-state index contributed by atoms with van der Waals surface area (Å²) in [6, 6.07) is 4.45. The maximum Gasteiger partial charge on any atom is 0.224 e. The molecule has 3 aromatic rings. The molecule has 0 amide bonds. The summed E-state index contributed by atoms with van der Waals surface area (Å²) in [5.74, 6) is 1.50. The Bertz CT molecular complexity index is 906. The van der Waals surface area contributed by atoms with Gasteiger partial charge in [0.1, 0.15) is 5.82 Å². The van der Waals surface area contributed by atoms with E-state index < -0.39 is 0 Å². The van der Waals surface area contributed by atoms with Crippen molar-refractivity contribution in [3.8, 4) is 11.4 Å². The van der Waals surface area contributed by atoms with E-state index in [1.54, 1.807) is 0 Å². The molecule has 2 aromatic heterocycles. The molecule has 1 fully saturated rings. The minimum atomic E-state index is 0.693. The van der Waals surface area contributed by atoms with Gasteiger partial charge in [0.05, 0.1) is 16.6 Å². The van der Waals surface area contributed by atoms with Crippen molar-refractivity contribution in [1.82, 2.24) is 24.8 Å². The number of aryl methyl sites for hydroxylation is 1. The normalized spacial score (nSPS) is 15.6. The molecule has 1 saturated heterocycles. The molecule has 1 aromatic carbocycles. The third-order valence-electron chi connectivity index (χ3n) is 4.94. The monoisotopic (exact) mass is 351 g/mol. The maximum absolute atomic E-state index is 4.78. The Morgan fingerprint density at radius 2 is 1.73 bits per heavy atom. The predicted molar refractivity (Wildman–Crippen MR) is 106 cm³/mol. The quantitative estimate of drug-likeness (QED) is 0.780. The average molecular weight is 351 g/mol. The number of hydrogen-bond acceptors (Lipinski definition) is 6. The van der Waals surface area contributed by atoms with Crippen LogP contribution in [0.2, 0.25) is 0 Å². The van der Waals surface area contributed by atoms with Gasteiger partial charge in [-0.15, -0.1) is 0 Å². The van der Waals surface area contributed by atoms with Crippen LogP contribution in [0.25, 0.3) is 22.4 Å². The first-order chi connectivity index (χ1) is 12.5. The van der Waals surface area contributed by atoms with E-state index in [1.165, 1.54) is 11.3 Å². The Morgan fingerprint density at radius 1 is 1.04 bits per heavy atom. The number of rotatable bonds is 3. The number of piperazine rings is 1. The van der Waals surface area contributed by atoms with Gasteiger partial charge in [-0.1, -0.05) is 0 Å². The van der Waals surface area contributed by atoms with E-state index >= 15 is 0 Å². The standard InChI is InChI=1S/C19H25N7/c1-13-9-15(26-7-5-25(4)6-8-26)10-16-17(13)23-18(22-16)14-11-20-19(21-12-14)24(2)3/h9-12H,5-8H2,1-4H3,(H,22,23). The first kappa shape index (κ1) is 16.8. The van der Waals surface area contributed by atoms with Gasteiger partial charge in [0.25, 0.3) is 0 Å². The van der Waals surface area contributed by atoms with Crippen molar-refractivity contribution in [2.45, 2.75) is 6.92 Å². The third-order valence-corrected chi connectivity index (χ3v) is 4.94. The Labute approximate surface area is 153 Å². The highest BCUT2D eigenvalue weighted by Crippen LogP contribution is 2.28. The zero-order valence-corrected chi connectivity index (χ0v) is 15.8. The van der Waals surface area contributed by atoms with E-state index in [-0.39, 0.29) is 0 Å². The molecule has 136 valence electrons. The van der Waals surface area contributed by atoms with Crippen LogP contribution in [0.1, 0.15) is 5.56 Å². The molecule has 7 nitrogen and oxygen atoms in total. The summed E-state index contributed by atoms with van der Waals surface area (Å²) in [4.78, 5) is 23.7. The summed E-state index contributed by atoms with van der Waals surface area (Å²) < 4.78 is 0. The van der Waals surface area contributed by atoms with Crippen molar-refractivity contribution >= 4 is 22.7 Å². The van der Waals surface area contributed by atoms with E-state index in [0.717, 1.165) is 48.6 Å². The number of aromatic amines is 1. The van der Waals surface area contributed by atoms with Gasteiger partial charge in [-0.25, -0.2) is 15.0 Å². The second-order valence-electron chi connectivity index (χ2n) is 7.20. The molecule has 26 heavy (non-hydrogen) atoms. The molecular weight excluding hydrogens is 326 g/mol. The Kier molecular flexibility index (Phi) is 4.24. The van der Waals surface area contributed by atoms with Crippen molar-refractivity contribution in [2.75, 3.05) is 57.1 Å². The molecule has 0 spiro atoms. The molecule has 0 atom stereocenters. The van der Waals surface area contributed by atoms with Gasteiger partial charge in [0.2, 0.25) is 5.95 Å². The van der Waals surface area contributed by atoms with Crippen LogP contribution in [-0.4, -0.2) is 72.2 Å². The number of aromatic nitrogens is 4. The molecule has 1 aliphatic heterocycles. The fourth-order valence-electron chi connectivity index (χ4n) is 3.33. The number of nitrogens with one attached hydrogen (secondary N) is 1. The first-order valence-electron chi connectivity index (χ1n) is 8.95. The van der Waals surface area contributed by atoms with Crippen LogP contribution in [0, 0.1) is 6.92 Å². The Morgan fingerprint density at radius 3 is 2.38 bits per heavy atom. The molecule has 0 bridgehead atoms. The summed E-state index contributed by atoms with van der Waals surface area (Å²) in [6.45, 7) is 6.43. The van der Waals surface area contributed by atoms with Crippen LogP contribution < -0.4 is 9.80 Å². The van der Waals surface area contributed by atoms with E-state index in [0.29, 0.717) is 5.95 Å². The zero-order chi connectivity index (χ0) is 18.3. The number of anilines is 2. The van der Waals surface area contributed by atoms with Gasteiger partial charge in [-0.05, 0) is 31.7 Å². The van der Waals surface area contributed by atoms with Crippen LogP contribution in [0.5, 0.6) is 0 Å². The highest BCUT2D eigenvalue weighted by Gasteiger charge is 2.17. The van der Waals surface area contributed by atoms with E-state index in [2.05, 4.69) is 50.9 Å². The Balaban J connectivity index is 1.67. The van der Waals surface area contributed by atoms with Crippen LogP contribution in [-0.2, 0) is 0 Å². The van der Waals surface area contributed by atoms with Crippen molar-refractivity contribution in [3.05, 3.63) is 30.1 Å². The van der Waals surface area contributed by atoms with Crippen LogP contribution in [0.4, 0.5) is 11.6 Å². The SMILES string of the molecule is Cc1cc(N2CCN(C)CC2)cc2[nH]c(-c3cnc(N(C)C)nc3)nc12. The third kappa shape index (κ3) is 3.10. The van der Waals surface area contributed by atoms with E-state index in [4.69, 9.17) is 4.98 Å². The summed E-state index contributed by atoms with van der Waals surface area (Å²) in [6.07, 6.45) is 3.63. The molecule has 0 aliphatic carbocycles. The number of benzene rings is 1. The second kappa shape index (κ2) is 6.57. The minimum Gasteiger partial charge on any atom is -0.369 e. The predicted octanol–water partition coefficient (Wildman–Crippen LogP) is 2.15. The first-order valence-corrected chi connectivity index (χ1v) is 8.95. The molecule has 3 heterocycles. The van der Waals surface area contributed by atoms with Crippen molar-refractivity contribution < 1.29 is 0 Å². The average Bonchev–Trinajstić information content (AvgIpc) is 3.07. The summed E-state index contributed by atoms with van der Waals surface area (Å²) >= 11 is 0. The van der Waals surface area contributed by atoms with Crippen LogP contribution >= 0.6 is 0 Å². The van der Waals surface area contributed by atoms with Gasteiger partial charge in [0.15, 0.2) is 0 Å². The molecular formula is C19H25N7. The Hall–Kier alpha value is -2.67. The highest BCUT2D eigenvalue weighted by molar-refractivity contribution is 5.85. The fraction of sp³-hybridized carbons (Fsp3) is 0.421. The molecule has 0 radical (unpaired) electrons. The van der Waals surface area contributed by atoms with Gasteiger partial charge in [0, 0.05) is 58.4 Å². The maximum atomic E-state index is 4.78. The molecule has 4 rings (SSSR count). The smallest absolute Gasteiger partial charge is 0.224 e. The minimum absolute atomic E-state index is 0.693. The number of fused-ring (bicyclic) bond motifs is 1. The van der Waals surface area contributed by atoms with Gasteiger partial charge in [-0.3, -0.25) is 0 Å². The fourth-order valence-corrected chi connectivity index (χ4v) is 3.33. The van der Waals surface area contributed by atoms with E-state index in [9.17, 15) is 0 Å². The molecule has 0 unspecified atom stereocenters. The second-order valence-corrected chi connectivity index (χ2v) is 7.20. The number of H-pyrrole nitrogens is 1. The molecule has 0 saturated carbocycles. The van der Waals surface area contributed by atoms with Crippen molar-refractivity contribution in [3.63, 3.8) is 0 Å². The molecule has 7 heteroatoms. The van der Waals surface area contributed by atoms with E-state index in [1.807, 2.05) is 31.4 Å². The largest absolute Gasteiger partial charge is 0.369 e. The number of nitrogens with zero attached hydrogens (tertiary/aromatic N) is 6. The number of likely N-dealkylation sites (N-methyl/N-ethyl adjacent to an activating group) is 1. The lowest BCUT2D eigenvalue weighted by Crippen LogP contribution is -2.44. The number of hydrogen-bond donors (Lipinski definition) is 1. The molecule has 1 aliphatic rings. The molecule has 1 N–H and O–H groups in total. The lowest BCUT2D eigenvalue weighted by molar-refractivity contribution is 0.313.